The van der Waals surface area contributed by atoms with Crippen molar-refractivity contribution in [2.24, 2.45) is 11.1 Å². The van der Waals surface area contributed by atoms with E-state index >= 15 is 0 Å². The zero-order valence-electron chi connectivity index (χ0n) is 7.06. The highest BCUT2D eigenvalue weighted by molar-refractivity contribution is 7.89. The van der Waals surface area contributed by atoms with Crippen LogP contribution in [-0.4, -0.2) is 23.6 Å². The van der Waals surface area contributed by atoms with Crippen LogP contribution in [0.4, 0.5) is 0 Å². The van der Waals surface area contributed by atoms with E-state index in [1.54, 1.807) is 0 Å². The van der Waals surface area contributed by atoms with Gasteiger partial charge in [-0.3, -0.25) is 5.10 Å². The number of nitrogens with one attached hydrogen (secondary N) is 1. The summed E-state index contributed by atoms with van der Waals surface area (Å²) in [6.45, 7) is 2.07. The fourth-order valence-corrected chi connectivity index (χ4v) is 1.65. The van der Waals surface area contributed by atoms with E-state index in [0.717, 1.165) is 6.42 Å². The normalized spacial score (nSPS) is 27.5. The van der Waals surface area contributed by atoms with E-state index in [2.05, 4.69) is 22.1 Å². The molecule has 1 heterocycles. The molecule has 1 saturated carbocycles. The van der Waals surface area contributed by atoms with Crippen molar-refractivity contribution in [2.75, 3.05) is 0 Å². The zero-order chi connectivity index (χ0) is 9.64. The molecule has 0 saturated heterocycles. The summed E-state index contributed by atoms with van der Waals surface area (Å²) in [5.41, 5.74) is 0. The molecule has 0 aromatic carbocycles. The minimum absolute atomic E-state index is 0.318. The van der Waals surface area contributed by atoms with E-state index in [0.29, 0.717) is 17.7 Å². The van der Waals surface area contributed by atoms with E-state index < -0.39 is 10.0 Å². The number of rotatable bonds is 2. The molecular formula is C6H10N4O2S. The van der Waals surface area contributed by atoms with Gasteiger partial charge in [-0.25, -0.2) is 18.5 Å². The maximum atomic E-state index is 10.8. The van der Waals surface area contributed by atoms with Crippen molar-refractivity contribution in [3.63, 3.8) is 0 Å². The monoisotopic (exact) mass is 202 g/mol. The Morgan fingerprint density at radius 2 is 2.23 bits per heavy atom. The number of primary sulfonamides is 1. The molecule has 0 spiro atoms. The lowest BCUT2D eigenvalue weighted by molar-refractivity contribution is 0.589. The van der Waals surface area contributed by atoms with Gasteiger partial charge in [-0.15, -0.1) is 5.10 Å². The van der Waals surface area contributed by atoms with Gasteiger partial charge in [0, 0.05) is 5.92 Å². The summed E-state index contributed by atoms with van der Waals surface area (Å²) in [5, 5.41) is 10.7. The second-order valence-electron chi connectivity index (χ2n) is 3.37. The summed E-state index contributed by atoms with van der Waals surface area (Å²) in [6.07, 6.45) is 1.03. The third-order valence-corrected chi connectivity index (χ3v) is 2.89. The van der Waals surface area contributed by atoms with Gasteiger partial charge in [0.1, 0.15) is 5.82 Å². The predicted octanol–water partition coefficient (Wildman–Crippen LogP) is -0.425. The van der Waals surface area contributed by atoms with E-state index in [-0.39, 0.29) is 5.16 Å². The summed E-state index contributed by atoms with van der Waals surface area (Å²) in [4.78, 5) is 3.81. The molecule has 6 nitrogen and oxygen atoms in total. The Balaban J connectivity index is 2.29. The smallest absolute Gasteiger partial charge is 0.262 e. The van der Waals surface area contributed by atoms with E-state index in [4.69, 9.17) is 5.14 Å². The van der Waals surface area contributed by atoms with Crippen molar-refractivity contribution in [2.45, 2.75) is 24.4 Å². The maximum absolute atomic E-state index is 10.8. The molecule has 2 unspecified atom stereocenters. The number of hydrogen-bond acceptors (Lipinski definition) is 4. The van der Waals surface area contributed by atoms with Gasteiger partial charge in [-0.05, 0) is 12.3 Å². The topological polar surface area (TPSA) is 102 Å². The Kier molecular flexibility index (Phi) is 1.67. The molecule has 1 aliphatic rings. The molecule has 1 aromatic heterocycles. The molecule has 0 aliphatic heterocycles. The summed E-state index contributed by atoms with van der Waals surface area (Å²) in [6, 6.07) is 0. The Bertz CT molecular complexity index is 424. The van der Waals surface area contributed by atoms with Gasteiger partial charge >= 0.3 is 0 Å². The van der Waals surface area contributed by atoms with Crippen LogP contribution >= 0.6 is 0 Å². The second-order valence-corrected chi connectivity index (χ2v) is 4.82. The van der Waals surface area contributed by atoms with Crippen LogP contribution in [0.25, 0.3) is 0 Å². The lowest BCUT2D eigenvalue weighted by Gasteiger charge is -1.87. The first-order valence-corrected chi connectivity index (χ1v) is 5.48. The summed E-state index contributed by atoms with van der Waals surface area (Å²) >= 11 is 0. The average Bonchev–Trinajstić information content (AvgIpc) is 2.57. The van der Waals surface area contributed by atoms with Gasteiger partial charge in [0.25, 0.3) is 15.2 Å². The average molecular weight is 202 g/mol. The number of nitrogens with two attached hydrogens (primary N) is 1. The summed E-state index contributed by atoms with van der Waals surface area (Å²) < 4.78 is 21.6. The molecular weight excluding hydrogens is 192 g/mol. The Labute approximate surface area is 75.6 Å². The van der Waals surface area contributed by atoms with Crippen molar-refractivity contribution in [3.8, 4) is 0 Å². The minimum atomic E-state index is -3.76. The molecule has 3 N–H and O–H groups in total. The molecule has 1 aromatic rings. The molecule has 0 radical (unpaired) electrons. The van der Waals surface area contributed by atoms with Crippen molar-refractivity contribution in [3.05, 3.63) is 5.82 Å². The molecule has 72 valence electrons. The lowest BCUT2D eigenvalue weighted by Crippen LogP contribution is -2.13. The first kappa shape index (κ1) is 8.64. The van der Waals surface area contributed by atoms with Crippen LogP contribution in [0.5, 0.6) is 0 Å². The van der Waals surface area contributed by atoms with Gasteiger partial charge in [-0.1, -0.05) is 6.92 Å². The molecule has 1 fully saturated rings. The number of H-pyrrole nitrogens is 1. The molecule has 2 atom stereocenters. The SMILES string of the molecule is CC1CC1c1nc(S(N)(=O)=O)n[nH]1. The second kappa shape index (κ2) is 2.52. The van der Waals surface area contributed by atoms with Crippen LogP contribution in [-0.2, 0) is 10.0 Å². The van der Waals surface area contributed by atoms with Crippen LogP contribution in [0, 0.1) is 5.92 Å². The zero-order valence-corrected chi connectivity index (χ0v) is 7.87. The number of nitrogens with zero attached hydrogens (tertiary/aromatic N) is 2. The predicted molar refractivity (Wildman–Crippen MR) is 44.3 cm³/mol. The standard InChI is InChI=1S/C6H10N4O2S/c1-3-2-4(3)5-8-6(10-9-5)13(7,11)12/h3-4H,2H2,1H3,(H2,7,11,12)(H,8,9,10). The first-order chi connectivity index (χ1) is 5.98. The molecule has 1 aliphatic carbocycles. The van der Waals surface area contributed by atoms with E-state index in [1.807, 2.05) is 0 Å². The third kappa shape index (κ3) is 1.56. The number of hydrogen-bond donors (Lipinski definition) is 2. The Morgan fingerprint density at radius 1 is 1.62 bits per heavy atom. The van der Waals surface area contributed by atoms with Crippen molar-refractivity contribution < 1.29 is 8.42 Å². The van der Waals surface area contributed by atoms with Gasteiger partial charge < -0.3 is 0 Å². The van der Waals surface area contributed by atoms with E-state index in [1.165, 1.54) is 0 Å². The number of aromatic amines is 1. The minimum Gasteiger partial charge on any atom is -0.262 e. The molecule has 0 amide bonds. The highest BCUT2D eigenvalue weighted by atomic mass is 32.2. The van der Waals surface area contributed by atoms with Crippen LogP contribution in [0.15, 0.2) is 5.16 Å². The molecule has 2 rings (SSSR count). The highest BCUT2D eigenvalue weighted by Crippen LogP contribution is 2.45. The fourth-order valence-electron chi connectivity index (χ4n) is 1.25. The quantitative estimate of drug-likeness (QED) is 0.679. The van der Waals surface area contributed by atoms with Gasteiger partial charge in [0.05, 0.1) is 0 Å². The molecule has 0 bridgehead atoms. The highest BCUT2D eigenvalue weighted by Gasteiger charge is 2.37. The van der Waals surface area contributed by atoms with Crippen LogP contribution < -0.4 is 5.14 Å². The van der Waals surface area contributed by atoms with Crippen molar-refractivity contribution >= 4 is 10.0 Å². The molecule has 7 heteroatoms. The lowest BCUT2D eigenvalue weighted by atomic mass is 10.3. The van der Waals surface area contributed by atoms with Crippen LogP contribution in [0.2, 0.25) is 0 Å². The number of sulfonamides is 1. The van der Waals surface area contributed by atoms with Gasteiger partial charge in [0.2, 0.25) is 0 Å². The largest absolute Gasteiger partial charge is 0.282 e. The van der Waals surface area contributed by atoms with Crippen molar-refractivity contribution in [1.29, 1.82) is 0 Å². The Morgan fingerprint density at radius 3 is 2.62 bits per heavy atom. The van der Waals surface area contributed by atoms with Gasteiger partial charge in [0.15, 0.2) is 0 Å². The molecule has 13 heavy (non-hydrogen) atoms. The van der Waals surface area contributed by atoms with Crippen LogP contribution in [0.1, 0.15) is 25.1 Å². The van der Waals surface area contributed by atoms with Crippen LogP contribution in [0.3, 0.4) is 0 Å². The van der Waals surface area contributed by atoms with E-state index in [9.17, 15) is 8.42 Å². The third-order valence-electron chi connectivity index (χ3n) is 2.20. The van der Waals surface area contributed by atoms with Crippen molar-refractivity contribution in [1.82, 2.24) is 15.2 Å². The fraction of sp³-hybridized carbons (Fsp3) is 0.667. The summed E-state index contributed by atoms with van der Waals surface area (Å²) in [7, 11) is -3.76. The Hall–Kier alpha value is -0.950. The summed E-state index contributed by atoms with van der Waals surface area (Å²) in [5.74, 6) is 1.50. The maximum Gasteiger partial charge on any atom is 0.282 e. The van der Waals surface area contributed by atoms with Gasteiger partial charge in [-0.2, -0.15) is 0 Å². The number of aromatic nitrogens is 3. The first-order valence-electron chi connectivity index (χ1n) is 3.93.